The summed E-state index contributed by atoms with van der Waals surface area (Å²) in [6.45, 7) is 0. The number of aromatic nitrogens is 1. The maximum atomic E-state index is 11.8. The Morgan fingerprint density at radius 3 is 3.00 bits per heavy atom. The van der Waals surface area contributed by atoms with Gasteiger partial charge in [-0.05, 0) is 40.2 Å². The van der Waals surface area contributed by atoms with E-state index in [2.05, 4.69) is 21.2 Å². The van der Waals surface area contributed by atoms with Crippen LogP contribution in [0.25, 0.3) is 6.08 Å². The van der Waals surface area contributed by atoms with Crippen molar-refractivity contribution >= 4 is 33.6 Å². The van der Waals surface area contributed by atoms with Crippen molar-refractivity contribution in [3.05, 3.63) is 57.3 Å². The SMILES string of the molecule is Cn1cc(Br)cc(NC(=O)/C=C/c2ccco2)c1=O. The number of halogens is 1. The van der Waals surface area contributed by atoms with E-state index in [-0.39, 0.29) is 11.2 Å². The molecule has 1 N–H and O–H groups in total. The number of carbonyl (C=O) groups excluding carboxylic acids is 1. The van der Waals surface area contributed by atoms with E-state index in [1.807, 2.05) is 0 Å². The van der Waals surface area contributed by atoms with Crippen LogP contribution in [0.3, 0.4) is 0 Å². The van der Waals surface area contributed by atoms with Gasteiger partial charge < -0.3 is 14.3 Å². The highest BCUT2D eigenvalue weighted by Crippen LogP contribution is 2.11. The fourth-order valence-electron chi connectivity index (χ4n) is 1.48. The van der Waals surface area contributed by atoms with Gasteiger partial charge in [-0.3, -0.25) is 9.59 Å². The summed E-state index contributed by atoms with van der Waals surface area (Å²) >= 11 is 3.26. The van der Waals surface area contributed by atoms with Crippen LogP contribution in [0.2, 0.25) is 0 Å². The lowest BCUT2D eigenvalue weighted by Gasteiger charge is -2.04. The Morgan fingerprint density at radius 2 is 2.32 bits per heavy atom. The van der Waals surface area contributed by atoms with Gasteiger partial charge in [0.1, 0.15) is 11.4 Å². The average Bonchev–Trinajstić information content (AvgIpc) is 2.86. The summed E-state index contributed by atoms with van der Waals surface area (Å²) in [5.41, 5.74) is -0.0612. The number of amides is 1. The zero-order valence-corrected chi connectivity index (χ0v) is 11.7. The molecule has 0 aliphatic rings. The molecule has 2 heterocycles. The predicted octanol–water partition coefficient (Wildman–Crippen LogP) is 2.39. The van der Waals surface area contributed by atoms with Crippen LogP contribution in [0.4, 0.5) is 5.69 Å². The highest BCUT2D eigenvalue weighted by molar-refractivity contribution is 9.10. The van der Waals surface area contributed by atoms with Crippen LogP contribution in [-0.2, 0) is 11.8 Å². The van der Waals surface area contributed by atoms with E-state index in [0.717, 1.165) is 0 Å². The molecule has 0 aliphatic heterocycles. The molecule has 0 saturated carbocycles. The van der Waals surface area contributed by atoms with Crippen molar-refractivity contribution in [1.29, 1.82) is 0 Å². The van der Waals surface area contributed by atoms with Gasteiger partial charge in [0, 0.05) is 23.8 Å². The highest BCUT2D eigenvalue weighted by Gasteiger charge is 2.05. The molecular weight excluding hydrogens is 312 g/mol. The predicted molar refractivity (Wildman–Crippen MR) is 75.8 cm³/mol. The smallest absolute Gasteiger partial charge is 0.274 e. The van der Waals surface area contributed by atoms with Crippen LogP contribution in [0.5, 0.6) is 0 Å². The summed E-state index contributed by atoms with van der Waals surface area (Å²) in [5.74, 6) is 0.170. The monoisotopic (exact) mass is 322 g/mol. The van der Waals surface area contributed by atoms with Crippen molar-refractivity contribution in [1.82, 2.24) is 4.57 Å². The Labute approximate surface area is 117 Å². The van der Waals surface area contributed by atoms with Crippen molar-refractivity contribution in [2.24, 2.45) is 7.05 Å². The molecular formula is C13H11BrN2O3. The van der Waals surface area contributed by atoms with Crippen LogP contribution in [0.1, 0.15) is 5.76 Å². The number of nitrogens with zero attached hydrogens (tertiary/aromatic N) is 1. The minimum Gasteiger partial charge on any atom is -0.465 e. The second kappa shape index (κ2) is 5.71. The minimum atomic E-state index is -0.397. The van der Waals surface area contributed by atoms with Crippen molar-refractivity contribution in [3.8, 4) is 0 Å². The largest absolute Gasteiger partial charge is 0.465 e. The fourth-order valence-corrected chi connectivity index (χ4v) is 2.01. The van der Waals surface area contributed by atoms with Gasteiger partial charge in [-0.15, -0.1) is 0 Å². The van der Waals surface area contributed by atoms with E-state index in [9.17, 15) is 9.59 Å². The van der Waals surface area contributed by atoms with Crippen LogP contribution < -0.4 is 10.9 Å². The molecule has 5 nitrogen and oxygen atoms in total. The number of aryl methyl sites for hydroxylation is 1. The van der Waals surface area contributed by atoms with Crippen molar-refractivity contribution in [2.75, 3.05) is 5.32 Å². The number of furan rings is 1. The Balaban J connectivity index is 2.13. The number of nitrogens with one attached hydrogen (secondary N) is 1. The third kappa shape index (κ3) is 3.45. The topological polar surface area (TPSA) is 64.2 Å². The van der Waals surface area contributed by atoms with E-state index in [4.69, 9.17) is 4.42 Å². The summed E-state index contributed by atoms with van der Waals surface area (Å²) in [4.78, 5) is 23.5. The number of anilines is 1. The number of rotatable bonds is 3. The fraction of sp³-hybridized carbons (Fsp3) is 0.0769. The molecule has 2 aromatic heterocycles. The lowest BCUT2D eigenvalue weighted by Crippen LogP contribution is -2.22. The Morgan fingerprint density at radius 1 is 1.53 bits per heavy atom. The third-order valence-electron chi connectivity index (χ3n) is 2.35. The molecule has 0 bridgehead atoms. The molecule has 1 amide bonds. The first-order valence-electron chi connectivity index (χ1n) is 5.45. The zero-order chi connectivity index (χ0) is 13.8. The number of hydrogen-bond acceptors (Lipinski definition) is 3. The molecule has 2 rings (SSSR count). The first-order chi connectivity index (χ1) is 9.06. The van der Waals surface area contributed by atoms with Gasteiger partial charge in [0.25, 0.3) is 5.56 Å². The van der Waals surface area contributed by atoms with E-state index in [1.54, 1.807) is 31.4 Å². The number of pyridine rings is 1. The standard InChI is InChI=1S/C13H11BrN2O3/c1-16-8-9(14)7-11(13(16)18)15-12(17)5-4-10-3-2-6-19-10/h2-8H,1H3,(H,15,17)/b5-4+. The third-order valence-corrected chi connectivity index (χ3v) is 2.78. The van der Waals surface area contributed by atoms with Gasteiger partial charge in [-0.2, -0.15) is 0 Å². The van der Waals surface area contributed by atoms with Gasteiger partial charge in [-0.25, -0.2) is 0 Å². The lowest BCUT2D eigenvalue weighted by molar-refractivity contribution is -0.111. The molecule has 0 saturated heterocycles. The molecule has 0 aromatic carbocycles. The lowest BCUT2D eigenvalue weighted by atomic mass is 10.3. The summed E-state index contributed by atoms with van der Waals surface area (Å²) in [6.07, 6.45) is 5.97. The average molecular weight is 323 g/mol. The molecule has 98 valence electrons. The Bertz CT molecular complexity index is 672. The second-order valence-electron chi connectivity index (χ2n) is 3.83. The molecule has 2 aromatic rings. The van der Waals surface area contributed by atoms with Crippen molar-refractivity contribution < 1.29 is 9.21 Å². The number of carbonyl (C=O) groups is 1. The quantitative estimate of drug-likeness (QED) is 0.882. The van der Waals surface area contributed by atoms with Gasteiger partial charge >= 0.3 is 0 Å². The summed E-state index contributed by atoms with van der Waals surface area (Å²) in [7, 11) is 1.61. The molecule has 6 heteroatoms. The Kier molecular flexibility index (Phi) is 4.01. The van der Waals surface area contributed by atoms with Crippen molar-refractivity contribution in [3.63, 3.8) is 0 Å². The minimum absolute atomic E-state index is 0.214. The van der Waals surface area contributed by atoms with Gasteiger partial charge in [-0.1, -0.05) is 0 Å². The van der Waals surface area contributed by atoms with Crippen molar-refractivity contribution in [2.45, 2.75) is 0 Å². The molecule has 0 aliphatic carbocycles. The van der Waals surface area contributed by atoms with Crippen LogP contribution in [-0.4, -0.2) is 10.5 Å². The molecule has 0 fully saturated rings. The maximum absolute atomic E-state index is 11.8. The first kappa shape index (κ1) is 13.4. The van der Waals surface area contributed by atoms with E-state index in [1.165, 1.54) is 23.0 Å². The summed E-state index contributed by atoms with van der Waals surface area (Å²) < 4.78 is 7.15. The molecule has 0 atom stereocenters. The zero-order valence-electron chi connectivity index (χ0n) is 10.1. The first-order valence-corrected chi connectivity index (χ1v) is 6.24. The second-order valence-corrected chi connectivity index (χ2v) is 4.74. The van der Waals surface area contributed by atoms with Crippen LogP contribution >= 0.6 is 15.9 Å². The Hall–Kier alpha value is -2.08. The van der Waals surface area contributed by atoms with Gasteiger partial charge in [0.05, 0.1) is 6.26 Å². The number of hydrogen-bond donors (Lipinski definition) is 1. The molecule has 0 spiro atoms. The summed E-state index contributed by atoms with van der Waals surface area (Å²) in [5, 5.41) is 2.52. The maximum Gasteiger partial charge on any atom is 0.274 e. The van der Waals surface area contributed by atoms with Crippen LogP contribution in [0, 0.1) is 0 Å². The normalized spacial score (nSPS) is 10.8. The van der Waals surface area contributed by atoms with Gasteiger partial charge in [0.2, 0.25) is 5.91 Å². The molecule has 19 heavy (non-hydrogen) atoms. The van der Waals surface area contributed by atoms with E-state index in [0.29, 0.717) is 10.2 Å². The van der Waals surface area contributed by atoms with E-state index < -0.39 is 5.91 Å². The van der Waals surface area contributed by atoms with Crippen LogP contribution in [0.15, 0.2) is 50.4 Å². The molecule has 0 radical (unpaired) electrons. The molecule has 0 unspecified atom stereocenters. The summed E-state index contributed by atoms with van der Waals surface area (Å²) in [6, 6.07) is 5.00. The van der Waals surface area contributed by atoms with E-state index >= 15 is 0 Å². The highest BCUT2D eigenvalue weighted by atomic mass is 79.9. The van der Waals surface area contributed by atoms with Gasteiger partial charge in [0.15, 0.2) is 0 Å².